The van der Waals surface area contributed by atoms with E-state index in [4.69, 9.17) is 23.7 Å². The van der Waals surface area contributed by atoms with Gasteiger partial charge in [0.05, 0.1) is 83.0 Å². The molecule has 0 bridgehead atoms. The monoisotopic (exact) mass is 1680 g/mol. The van der Waals surface area contributed by atoms with Crippen molar-refractivity contribution in [1.29, 1.82) is 0 Å². The van der Waals surface area contributed by atoms with Crippen LogP contribution in [0.4, 0.5) is 8.78 Å². The number of Topliss-reactive ketones (excluding diaryl/α,β-unsaturated/α-hetero) is 2. The Kier molecular flexibility index (Phi) is 24.6. The van der Waals surface area contributed by atoms with Crippen LogP contribution >= 0.6 is 0 Å². The van der Waals surface area contributed by atoms with Crippen molar-refractivity contribution in [2.45, 2.75) is 217 Å². The van der Waals surface area contributed by atoms with Crippen molar-refractivity contribution in [3.63, 3.8) is 0 Å². The number of likely N-dealkylation sites (tertiary alicyclic amines) is 2. The molecule has 15 rings (SSSR count). The smallest absolute Gasteiger partial charge is 0.267 e. The molecule has 0 spiro atoms. The molecule has 32 nitrogen and oxygen atoms in total. The summed E-state index contributed by atoms with van der Waals surface area (Å²) in [4.78, 5) is 173. The molecule has 7 aromatic rings. The van der Waals surface area contributed by atoms with Crippen LogP contribution in [0.15, 0.2) is 104 Å². The molecule has 2 aromatic heterocycles. The topological polar surface area (TPSA) is 473 Å². The minimum Gasteiger partial charge on any atom is -0.507 e. The Labute approximate surface area is 697 Å². The fourth-order valence-electron chi connectivity index (χ4n) is 17.9. The van der Waals surface area contributed by atoms with Gasteiger partial charge < -0.3 is 90.5 Å². The zero-order valence-electron chi connectivity index (χ0n) is 67.0. The van der Waals surface area contributed by atoms with E-state index in [2.05, 4.69) is 31.2 Å². The zero-order valence-corrected chi connectivity index (χ0v) is 67.0. The zero-order chi connectivity index (χ0) is 87.1. The lowest BCUT2D eigenvalue weighted by atomic mass is 9.71. The second-order valence-electron chi connectivity index (χ2n) is 32.2. The summed E-state index contributed by atoms with van der Waals surface area (Å²) in [5.41, 5.74) is -5.94. The fourth-order valence-corrected chi connectivity index (χ4v) is 17.9. The number of phenolic OH excluding ortho intramolecular Hbond substituents is 4. The van der Waals surface area contributed by atoms with Crippen LogP contribution in [0.1, 0.15) is 226 Å². The second kappa shape index (κ2) is 34.2. The van der Waals surface area contributed by atoms with Crippen molar-refractivity contribution in [3.8, 4) is 28.7 Å². The molecule has 4 saturated heterocycles. The number of aromatic hydroxyl groups is 4. The van der Waals surface area contributed by atoms with Crippen LogP contribution in [0.3, 0.4) is 0 Å². The molecule has 0 saturated carbocycles. The number of methoxy groups -OCH3 is 1. The number of hydrogen-bond acceptors (Lipinski definition) is 26. The Balaban J connectivity index is 0.000000211. The Morgan fingerprint density at radius 3 is 1.73 bits per heavy atom. The molecular weight excluding hydrogens is 1590 g/mol. The van der Waals surface area contributed by atoms with Crippen LogP contribution in [0.2, 0.25) is 0 Å². The normalized spacial score (nSPS) is 26.5. The molecular formula is C88H94F2N8O24. The van der Waals surface area contributed by atoms with Gasteiger partial charge in [-0.1, -0.05) is 75.9 Å². The van der Waals surface area contributed by atoms with E-state index in [1.165, 1.54) is 107 Å². The quantitative estimate of drug-likeness (QED) is 0.0410. The van der Waals surface area contributed by atoms with Crippen LogP contribution in [-0.2, 0) is 60.6 Å². The lowest BCUT2D eigenvalue weighted by Crippen LogP contribution is -2.59. The fraction of sp³-hybridized carbons (Fsp3) is 0.432. The molecule has 0 radical (unpaired) electrons. The van der Waals surface area contributed by atoms with Gasteiger partial charge in [-0.05, 0) is 77.8 Å². The number of aliphatic hydroxyl groups excluding tert-OH is 1. The molecule has 6 amide bonds. The van der Waals surface area contributed by atoms with Crippen molar-refractivity contribution in [2.75, 3.05) is 20.2 Å². The van der Waals surface area contributed by atoms with Gasteiger partial charge in [-0.2, -0.15) is 0 Å². The molecule has 4 unspecified atom stereocenters. The van der Waals surface area contributed by atoms with E-state index in [1.54, 1.807) is 50.2 Å². The SMILES string of the molecule is C.CC(=O)[C@]1(O)Cc2c(O)c3c(c(O)c2[C@@H](O[C@H]2C[C@H](NC(=O)[C@@H]4CCCN4C(=O)[C@@H](C)NC(=O)c4ccncc4)[C@H](C)[C@H](C)O2)C1)C(=O)c1ccccc1C3=O.CCC(=O)[C@]1(O)Cc2c(O)c3c(c(O)c2[C@@H](OC2CC(NC(=O)[C@@H]4CC(F)(F)CN4C(=O)[C@@H](C)NC(=O)c4ccnc5ccccc45)C(O)C(C)O2)C1)C(=O)c1c(OC)cccc1C3=O. The van der Waals surface area contributed by atoms with E-state index in [9.17, 15) is 93.3 Å². The predicted octanol–water partition coefficient (Wildman–Crippen LogP) is 6.47. The minimum atomic E-state index is -3.50. The summed E-state index contributed by atoms with van der Waals surface area (Å²) in [6.45, 7) is 9.86. The third-order valence-corrected chi connectivity index (χ3v) is 24.5. The van der Waals surface area contributed by atoms with Gasteiger partial charge >= 0.3 is 0 Å². The highest BCUT2D eigenvalue weighted by atomic mass is 19.3. The number of ketones is 6. The number of amides is 6. The molecule has 4 fully saturated rings. The van der Waals surface area contributed by atoms with Crippen molar-refractivity contribution < 1.29 is 126 Å². The number of ether oxygens (including phenoxy) is 5. The minimum absolute atomic E-state index is 0. The maximum atomic E-state index is 15.1. The summed E-state index contributed by atoms with van der Waals surface area (Å²) >= 11 is 0. The van der Waals surface area contributed by atoms with E-state index in [0.29, 0.717) is 40.8 Å². The largest absolute Gasteiger partial charge is 0.507 e. The molecule has 8 aliphatic rings. The summed E-state index contributed by atoms with van der Waals surface area (Å²) < 4.78 is 60.3. The molecule has 11 N–H and O–H groups in total. The average Bonchev–Trinajstić information content (AvgIpc) is 0.798. The lowest BCUT2D eigenvalue weighted by Gasteiger charge is -2.43. The highest BCUT2D eigenvalue weighted by Crippen LogP contribution is 2.55. The molecule has 34 heteroatoms. The summed E-state index contributed by atoms with van der Waals surface area (Å²) in [6.07, 6.45) is -6.46. The number of nitrogens with zero attached hydrogens (tertiary/aromatic N) is 4. The number of benzene rings is 5. The van der Waals surface area contributed by atoms with Crippen molar-refractivity contribution in [3.05, 3.63) is 181 Å². The van der Waals surface area contributed by atoms with Crippen LogP contribution in [0.25, 0.3) is 10.9 Å². The number of alkyl halides is 2. The van der Waals surface area contributed by atoms with Crippen LogP contribution in [0, 0.1) is 5.92 Å². The van der Waals surface area contributed by atoms with Crippen LogP contribution in [0.5, 0.6) is 28.7 Å². The van der Waals surface area contributed by atoms with E-state index < -0.39 is 238 Å². The van der Waals surface area contributed by atoms with Crippen LogP contribution < -0.4 is 26.0 Å². The van der Waals surface area contributed by atoms with E-state index in [0.717, 1.165) is 0 Å². The molecule has 5 aromatic carbocycles. The number of phenols is 4. The number of hydrogen-bond donors (Lipinski definition) is 11. The number of rotatable bonds is 18. The van der Waals surface area contributed by atoms with Crippen molar-refractivity contribution >= 4 is 81.0 Å². The van der Waals surface area contributed by atoms with Gasteiger partial charge in [0, 0.05) is 138 Å². The highest BCUT2D eigenvalue weighted by molar-refractivity contribution is 6.32. The number of aliphatic hydroxyl groups is 3. The Bertz CT molecular complexity index is 5470. The first-order chi connectivity index (χ1) is 57.4. The van der Waals surface area contributed by atoms with Gasteiger partial charge in [0.2, 0.25) is 29.4 Å². The number of carbonyl (C=O) groups is 12. The van der Waals surface area contributed by atoms with Gasteiger partial charge in [0.1, 0.15) is 70.2 Å². The number of nitrogens with one attached hydrogen (secondary N) is 4. The molecule has 16 atom stereocenters. The first-order valence-electron chi connectivity index (χ1n) is 39.8. The third-order valence-electron chi connectivity index (χ3n) is 24.5. The Morgan fingerprint density at radius 1 is 0.607 bits per heavy atom. The van der Waals surface area contributed by atoms with Crippen molar-refractivity contribution in [1.82, 2.24) is 41.0 Å². The molecule has 6 heterocycles. The molecule has 4 aliphatic heterocycles. The van der Waals surface area contributed by atoms with Gasteiger partial charge in [0.15, 0.2) is 41.5 Å². The van der Waals surface area contributed by atoms with E-state index >= 15 is 8.78 Å². The molecule has 4 aliphatic carbocycles. The number of aromatic nitrogens is 2. The molecule has 644 valence electrons. The first kappa shape index (κ1) is 87.9. The lowest BCUT2D eigenvalue weighted by molar-refractivity contribution is -0.249. The summed E-state index contributed by atoms with van der Waals surface area (Å²) in [6, 6.07) is 15.0. The summed E-state index contributed by atoms with van der Waals surface area (Å²) in [5, 5.41) is 92.9. The maximum absolute atomic E-state index is 15.1. The maximum Gasteiger partial charge on any atom is 0.267 e. The van der Waals surface area contributed by atoms with E-state index in [1.807, 2.05) is 6.92 Å². The van der Waals surface area contributed by atoms with Gasteiger partial charge in [-0.15, -0.1) is 0 Å². The van der Waals surface area contributed by atoms with E-state index in [-0.39, 0.29) is 101 Å². The Morgan fingerprint density at radius 2 is 1.12 bits per heavy atom. The predicted molar refractivity (Wildman–Crippen MR) is 426 cm³/mol. The number of halogens is 2. The number of pyridine rings is 2. The number of fused-ring (bicyclic) bond motifs is 7. The number of carbonyl (C=O) groups excluding carboxylic acids is 12. The summed E-state index contributed by atoms with van der Waals surface area (Å²) in [5.74, 6) is -14.7. The van der Waals surface area contributed by atoms with Gasteiger partial charge in [-0.3, -0.25) is 67.5 Å². The van der Waals surface area contributed by atoms with Crippen LogP contribution in [-0.4, -0.2) is 230 Å². The second-order valence-corrected chi connectivity index (χ2v) is 32.2. The number of para-hydroxylation sites is 1. The van der Waals surface area contributed by atoms with Gasteiger partial charge in [0.25, 0.3) is 17.7 Å². The average molecular weight is 1690 g/mol. The van der Waals surface area contributed by atoms with Crippen molar-refractivity contribution in [2.24, 2.45) is 5.92 Å². The Hall–Kier alpha value is -11.9. The molecule has 122 heavy (non-hydrogen) atoms. The summed E-state index contributed by atoms with van der Waals surface area (Å²) in [7, 11) is 1.29. The highest BCUT2D eigenvalue weighted by Gasteiger charge is 2.55. The standard InChI is InChI=1S/C46H46F2N4O13.C41H44N4O11.CH4/c1-5-31(53)45(62)16-25-34(41(58)36-35(39(25)56)38(55)24-10-8-12-29(63-4)33(24)40(36)57)30(18-45)65-32-15-27(37(54)21(3)64-32)51-43(60)28-17-46(47,48)19-52(28)44(61)20(2)50-42(59)23-13-14-49-26-11-7-6-9-22(23)26;1-19-21(3)55-30(16-27(19)44-39(52)28-10-7-15-45(28)40(53)20(2)43-38(51)23-11-13-42-14-12-23)56-29-18-41(54,22(4)46)17-26-31(29)37(50)33-32(36(26)49)34(47)24-8-5-6-9-25(24)35(33)48;/h6-14,20-21,27-28,30,32,37,54,56,58,62H,5,15-19H2,1-4H3,(H,50,59)(H,51,60);5-6,8-9,11-14,19-21,27-30,49-50,54H,7,10,15-18H2,1-4H3,(H,43,51)(H,44,52);1H4/t20-,21?,27?,28+,30+,32?,37?,45+;19-,20-,21+,27+,28+,29+,30+,41+;/m11./s1. The first-order valence-corrected chi connectivity index (χ1v) is 39.8. The van der Waals surface area contributed by atoms with Gasteiger partial charge in [-0.25, -0.2) is 8.78 Å². The third kappa shape index (κ3) is 16.0.